The first-order valence-corrected chi connectivity index (χ1v) is 5.96. The number of morpholine rings is 1. The molecule has 1 heterocycles. The largest absolute Gasteiger partial charge is 0.467 e. The molecule has 0 radical (unpaired) electrons. The maximum atomic E-state index is 13.5. The smallest absolute Gasteiger partial charge is 0.336 e. The van der Waals surface area contributed by atoms with Gasteiger partial charge in [-0.15, -0.1) is 0 Å². The Morgan fingerprint density at radius 3 is 2.79 bits per heavy atom. The fourth-order valence-corrected chi connectivity index (χ4v) is 2.03. The van der Waals surface area contributed by atoms with E-state index < -0.39 is 23.7 Å². The Morgan fingerprint density at radius 2 is 2.16 bits per heavy atom. The summed E-state index contributed by atoms with van der Waals surface area (Å²) in [6.45, 7) is 1.22. The second-order valence-corrected chi connectivity index (χ2v) is 4.32. The number of hydrogen-bond acceptors (Lipinski definition) is 4. The highest BCUT2D eigenvalue weighted by Gasteiger charge is 2.28. The lowest BCUT2D eigenvalue weighted by Crippen LogP contribution is -2.46. The number of rotatable bonds is 3. The van der Waals surface area contributed by atoms with E-state index >= 15 is 0 Å². The van der Waals surface area contributed by atoms with Crippen LogP contribution in [0.3, 0.4) is 0 Å². The van der Waals surface area contributed by atoms with Gasteiger partial charge in [0.05, 0.1) is 13.7 Å². The van der Waals surface area contributed by atoms with E-state index in [1.165, 1.54) is 25.3 Å². The van der Waals surface area contributed by atoms with Crippen LogP contribution in [0.25, 0.3) is 0 Å². The monoisotopic (exact) mass is 271 g/mol. The summed E-state index contributed by atoms with van der Waals surface area (Å²) in [5.41, 5.74) is 0.00742. The molecule has 1 saturated heterocycles. The van der Waals surface area contributed by atoms with Gasteiger partial charge in [-0.1, -0.05) is 6.07 Å². The first kappa shape index (κ1) is 13.9. The standard InChI is InChI=1S/C13H15F2NO3/c1-18-13(17)12-8-16(5-6-19-12)7-9-10(14)3-2-4-11(9)15/h2-4,12H,5-8H2,1H3. The van der Waals surface area contributed by atoms with Gasteiger partial charge >= 0.3 is 5.97 Å². The number of esters is 1. The van der Waals surface area contributed by atoms with E-state index in [1.54, 1.807) is 4.90 Å². The maximum Gasteiger partial charge on any atom is 0.336 e. The van der Waals surface area contributed by atoms with E-state index in [2.05, 4.69) is 4.74 Å². The molecule has 0 aliphatic carbocycles. The van der Waals surface area contributed by atoms with E-state index in [0.717, 1.165) is 0 Å². The van der Waals surface area contributed by atoms with Crippen molar-refractivity contribution in [3.8, 4) is 0 Å². The summed E-state index contributed by atoms with van der Waals surface area (Å²) in [5.74, 6) is -1.64. The van der Waals surface area contributed by atoms with Crippen LogP contribution in [-0.4, -0.2) is 43.8 Å². The number of carbonyl (C=O) groups excluding carboxylic acids is 1. The third-order valence-electron chi connectivity index (χ3n) is 3.06. The minimum atomic E-state index is -0.700. The van der Waals surface area contributed by atoms with Crippen molar-refractivity contribution in [1.82, 2.24) is 4.90 Å². The highest BCUT2D eigenvalue weighted by molar-refractivity contribution is 5.74. The molecule has 0 amide bonds. The van der Waals surface area contributed by atoms with Crippen molar-refractivity contribution in [3.05, 3.63) is 35.4 Å². The van der Waals surface area contributed by atoms with Crippen molar-refractivity contribution in [2.45, 2.75) is 12.6 Å². The van der Waals surface area contributed by atoms with Gasteiger partial charge < -0.3 is 9.47 Å². The van der Waals surface area contributed by atoms with Crippen LogP contribution in [0.5, 0.6) is 0 Å². The van der Waals surface area contributed by atoms with E-state index in [4.69, 9.17) is 4.74 Å². The lowest BCUT2D eigenvalue weighted by molar-refractivity contribution is -0.160. The Morgan fingerprint density at radius 1 is 1.47 bits per heavy atom. The van der Waals surface area contributed by atoms with Crippen molar-refractivity contribution < 1.29 is 23.0 Å². The molecule has 1 aliphatic heterocycles. The van der Waals surface area contributed by atoms with Crippen molar-refractivity contribution >= 4 is 5.97 Å². The Bertz CT molecular complexity index is 447. The van der Waals surface area contributed by atoms with Gasteiger partial charge in [0.2, 0.25) is 0 Å². The van der Waals surface area contributed by atoms with Gasteiger partial charge in [0.25, 0.3) is 0 Å². The zero-order chi connectivity index (χ0) is 13.8. The fourth-order valence-electron chi connectivity index (χ4n) is 2.03. The molecule has 1 unspecified atom stereocenters. The number of ether oxygens (including phenoxy) is 2. The summed E-state index contributed by atoms with van der Waals surface area (Å²) in [4.78, 5) is 13.1. The van der Waals surface area contributed by atoms with Gasteiger partial charge in [-0.05, 0) is 12.1 Å². The normalized spacial score (nSPS) is 20.3. The van der Waals surface area contributed by atoms with Crippen molar-refractivity contribution in [3.63, 3.8) is 0 Å². The molecule has 104 valence electrons. The average Bonchev–Trinajstić information content (AvgIpc) is 2.42. The van der Waals surface area contributed by atoms with Crippen LogP contribution in [0.2, 0.25) is 0 Å². The highest BCUT2D eigenvalue weighted by Crippen LogP contribution is 2.17. The van der Waals surface area contributed by atoms with Gasteiger partial charge in [0.15, 0.2) is 6.10 Å². The summed E-state index contributed by atoms with van der Waals surface area (Å²) in [6.07, 6.45) is -0.700. The Balaban J connectivity index is 2.05. The van der Waals surface area contributed by atoms with E-state index in [-0.39, 0.29) is 18.7 Å². The molecule has 0 saturated carbocycles. The maximum absolute atomic E-state index is 13.5. The summed E-state index contributed by atoms with van der Waals surface area (Å²) in [7, 11) is 1.28. The predicted molar refractivity (Wildman–Crippen MR) is 63.4 cm³/mol. The molecule has 4 nitrogen and oxygen atoms in total. The number of methoxy groups -OCH3 is 1. The van der Waals surface area contributed by atoms with E-state index in [1.807, 2.05) is 0 Å². The predicted octanol–water partition coefficient (Wildman–Crippen LogP) is 1.34. The third-order valence-corrected chi connectivity index (χ3v) is 3.06. The zero-order valence-electron chi connectivity index (χ0n) is 10.6. The van der Waals surface area contributed by atoms with Gasteiger partial charge in [-0.2, -0.15) is 0 Å². The van der Waals surface area contributed by atoms with Crippen LogP contribution < -0.4 is 0 Å². The number of hydrogen-bond donors (Lipinski definition) is 0. The Hall–Kier alpha value is -1.53. The molecule has 6 heteroatoms. The third kappa shape index (κ3) is 3.27. The molecule has 1 atom stereocenters. The molecule has 0 spiro atoms. The van der Waals surface area contributed by atoms with Crippen LogP contribution in [0, 0.1) is 11.6 Å². The number of halogens is 2. The lowest BCUT2D eigenvalue weighted by atomic mass is 10.1. The minimum Gasteiger partial charge on any atom is -0.467 e. The molecule has 19 heavy (non-hydrogen) atoms. The second kappa shape index (κ2) is 6.08. The molecule has 1 aromatic carbocycles. The van der Waals surface area contributed by atoms with E-state index in [9.17, 15) is 13.6 Å². The van der Waals surface area contributed by atoms with Crippen molar-refractivity contribution in [1.29, 1.82) is 0 Å². The SMILES string of the molecule is COC(=O)C1CN(Cc2c(F)cccc2F)CCO1. The molecule has 1 fully saturated rings. The zero-order valence-corrected chi connectivity index (χ0v) is 10.6. The highest BCUT2D eigenvalue weighted by atomic mass is 19.1. The first-order chi connectivity index (χ1) is 9.11. The van der Waals surface area contributed by atoms with Gasteiger partial charge in [-0.3, -0.25) is 4.90 Å². The molecule has 0 bridgehead atoms. The number of benzene rings is 1. The first-order valence-electron chi connectivity index (χ1n) is 5.96. The van der Waals surface area contributed by atoms with Gasteiger partial charge in [-0.25, -0.2) is 13.6 Å². The number of nitrogens with zero attached hydrogens (tertiary/aromatic N) is 1. The van der Waals surface area contributed by atoms with Crippen molar-refractivity contribution in [2.24, 2.45) is 0 Å². The van der Waals surface area contributed by atoms with Crippen LogP contribution in [0.1, 0.15) is 5.56 Å². The minimum absolute atomic E-state index is 0.00742. The topological polar surface area (TPSA) is 38.8 Å². The summed E-state index contributed by atoms with van der Waals surface area (Å²) < 4.78 is 36.9. The Kier molecular flexibility index (Phi) is 4.44. The molecule has 1 aromatic rings. The summed E-state index contributed by atoms with van der Waals surface area (Å²) in [6, 6.07) is 3.76. The van der Waals surface area contributed by atoms with Gasteiger partial charge in [0, 0.05) is 25.2 Å². The van der Waals surface area contributed by atoms with Crippen LogP contribution in [-0.2, 0) is 20.8 Å². The van der Waals surface area contributed by atoms with Crippen molar-refractivity contribution in [2.75, 3.05) is 26.8 Å². The summed E-state index contributed by atoms with van der Waals surface area (Å²) in [5, 5.41) is 0. The quantitative estimate of drug-likeness (QED) is 0.778. The molecular formula is C13H15F2NO3. The molecular weight excluding hydrogens is 256 g/mol. The lowest BCUT2D eigenvalue weighted by Gasteiger charge is -2.31. The molecule has 0 N–H and O–H groups in total. The number of carbonyl (C=O) groups is 1. The molecule has 2 rings (SSSR count). The molecule has 1 aliphatic rings. The fraction of sp³-hybridized carbons (Fsp3) is 0.462. The van der Waals surface area contributed by atoms with E-state index in [0.29, 0.717) is 13.2 Å². The van der Waals surface area contributed by atoms with Crippen LogP contribution >= 0.6 is 0 Å². The van der Waals surface area contributed by atoms with Crippen LogP contribution in [0.4, 0.5) is 8.78 Å². The second-order valence-electron chi connectivity index (χ2n) is 4.32. The molecule has 0 aromatic heterocycles. The van der Waals surface area contributed by atoms with Crippen LogP contribution in [0.15, 0.2) is 18.2 Å². The Labute approximate surface area is 109 Å². The summed E-state index contributed by atoms with van der Waals surface area (Å²) >= 11 is 0. The van der Waals surface area contributed by atoms with Gasteiger partial charge in [0.1, 0.15) is 11.6 Å². The average molecular weight is 271 g/mol.